The van der Waals surface area contributed by atoms with Crippen LogP contribution in [0.2, 0.25) is 0 Å². The second kappa shape index (κ2) is 19.0. The molecular weight excluding hydrogens is 168 g/mol. The van der Waals surface area contributed by atoms with Crippen molar-refractivity contribution in [1.29, 1.82) is 0 Å². The van der Waals surface area contributed by atoms with Crippen molar-refractivity contribution < 1.29 is 40.7 Å². The van der Waals surface area contributed by atoms with E-state index < -0.39 is 0 Å². The van der Waals surface area contributed by atoms with E-state index in [1.54, 1.807) is 0 Å². The van der Waals surface area contributed by atoms with Crippen LogP contribution in [0.15, 0.2) is 0 Å². The second-order valence-corrected chi connectivity index (χ2v) is 0.595. The molecule has 0 atom stereocenters. The topological polar surface area (TPSA) is 34.1 Å². The fourth-order valence-electron chi connectivity index (χ4n) is 0. The quantitative estimate of drug-likeness (QED) is 0.443. The van der Waals surface area contributed by atoms with Crippen LogP contribution in [0.5, 0.6) is 0 Å². The summed E-state index contributed by atoms with van der Waals surface area (Å²) in [5.41, 5.74) is 0. The Hall–Kier alpha value is 0.199. The number of hydrogen-bond donors (Lipinski definition) is 0. The summed E-state index contributed by atoms with van der Waals surface area (Å²) >= 11 is 5.36. The first-order chi connectivity index (χ1) is 2.83. The molecule has 0 aliphatic rings. The van der Waals surface area contributed by atoms with Crippen molar-refractivity contribution in [3.05, 3.63) is 0 Å². The van der Waals surface area contributed by atoms with E-state index in [1.807, 2.05) is 0 Å². The number of rotatable bonds is 0. The van der Waals surface area contributed by atoms with E-state index in [4.69, 9.17) is 9.59 Å². The molecule has 0 aliphatic carbocycles. The molecule has 0 unspecified atom stereocenters. The van der Waals surface area contributed by atoms with Gasteiger partial charge in [-0.25, -0.2) is 0 Å². The zero-order chi connectivity index (χ0) is 5.41. The van der Waals surface area contributed by atoms with Crippen LogP contribution in [0.4, 0.5) is 0 Å². The van der Waals surface area contributed by atoms with Crippen LogP contribution < -0.4 is 0 Å². The molecule has 0 amide bonds. The molecule has 0 aromatic carbocycles. The minimum atomic E-state index is 1.25. The van der Waals surface area contributed by atoms with E-state index in [1.165, 1.54) is 9.57 Å². The molecule has 36 valence electrons. The van der Waals surface area contributed by atoms with Gasteiger partial charge in [0.2, 0.25) is 0 Å². The summed E-state index contributed by atoms with van der Waals surface area (Å²) in [6, 6.07) is 0. The summed E-state index contributed by atoms with van der Waals surface area (Å²) in [5, 5.41) is 0. The molecule has 0 radical (unpaired) electrons. The van der Waals surface area contributed by atoms with E-state index in [0.29, 0.717) is 0 Å². The summed E-state index contributed by atoms with van der Waals surface area (Å²) in [6.07, 6.45) is 0. The van der Waals surface area contributed by atoms with Gasteiger partial charge in [-0.05, 0) is 0 Å². The molecule has 0 rings (SSSR count). The molecule has 0 heterocycles. The molecule has 0 bridgehead atoms. The maximum absolute atomic E-state index is 8.57. The van der Waals surface area contributed by atoms with E-state index in [-0.39, 0.29) is 0 Å². The van der Waals surface area contributed by atoms with Crippen molar-refractivity contribution in [2.75, 3.05) is 0 Å². The average Bonchev–Trinajstić information content (AvgIpc) is 1.39. The fraction of sp³-hybridized carbons (Fsp3) is 0. The third-order valence-electron chi connectivity index (χ3n) is 0. The van der Waals surface area contributed by atoms with Gasteiger partial charge in [-0.1, -0.05) is 0 Å². The fourth-order valence-corrected chi connectivity index (χ4v) is 0. The Morgan fingerprint density at radius 3 is 1.00 bits per heavy atom. The zero-order valence-corrected chi connectivity index (χ0v) is 4.73. The molecule has 2 nitrogen and oxygen atoms in total. The van der Waals surface area contributed by atoms with Crippen LogP contribution in [-0.2, 0) is 40.7 Å². The molecular formula is C2Fe2O2. The monoisotopic (exact) mass is 168 g/mol. The predicted octanol–water partition coefficient (Wildman–Crippen LogP) is -0.799. The summed E-state index contributed by atoms with van der Waals surface area (Å²) in [5.74, 6) is 0. The molecule has 6 heavy (non-hydrogen) atoms. The van der Waals surface area contributed by atoms with Crippen molar-refractivity contribution >= 4 is 9.57 Å². The normalized spacial score (nSPS) is 3.00. The van der Waals surface area contributed by atoms with Crippen molar-refractivity contribution in [1.82, 2.24) is 0 Å². The van der Waals surface area contributed by atoms with Crippen LogP contribution in [-0.4, -0.2) is 9.57 Å². The summed E-state index contributed by atoms with van der Waals surface area (Å²) in [4.78, 5) is 19.6. The predicted molar refractivity (Wildman–Crippen MR) is 11.4 cm³/mol. The van der Waals surface area contributed by atoms with Gasteiger partial charge in [0, 0.05) is 0 Å². The minimum absolute atomic E-state index is 1.25. The number of hydrogen-bond acceptors (Lipinski definition) is 2. The SMILES string of the molecule is O=[C]=[Fe].O=[C]=[Fe]. The Kier molecular flexibility index (Phi) is 30.0. The average molecular weight is 168 g/mol. The third kappa shape index (κ3) is 1090. The first kappa shape index (κ1) is 9.50. The van der Waals surface area contributed by atoms with Crippen LogP contribution in [0.1, 0.15) is 0 Å². The van der Waals surface area contributed by atoms with E-state index in [0.717, 1.165) is 0 Å². The first-order valence-corrected chi connectivity index (χ1v) is 1.87. The van der Waals surface area contributed by atoms with Gasteiger partial charge in [-0.15, -0.1) is 0 Å². The molecule has 0 aromatic heterocycles. The van der Waals surface area contributed by atoms with Crippen molar-refractivity contribution in [2.45, 2.75) is 0 Å². The Morgan fingerprint density at radius 2 is 1.00 bits per heavy atom. The van der Waals surface area contributed by atoms with Crippen LogP contribution in [0.3, 0.4) is 0 Å². The molecule has 0 N–H and O–H groups in total. The molecule has 0 saturated carbocycles. The molecule has 0 spiro atoms. The van der Waals surface area contributed by atoms with Gasteiger partial charge in [-0.2, -0.15) is 0 Å². The Morgan fingerprint density at radius 1 is 1.00 bits per heavy atom. The van der Waals surface area contributed by atoms with Crippen molar-refractivity contribution in [3.63, 3.8) is 0 Å². The zero-order valence-electron chi connectivity index (χ0n) is 2.52. The van der Waals surface area contributed by atoms with Crippen LogP contribution in [0, 0.1) is 0 Å². The second-order valence-electron chi connectivity index (χ2n) is 0.144. The Labute approximate surface area is 50.6 Å². The molecule has 0 saturated heterocycles. The van der Waals surface area contributed by atoms with Gasteiger partial charge < -0.3 is 0 Å². The molecule has 0 aliphatic heterocycles. The molecule has 4 heteroatoms. The molecule has 0 fully saturated rings. The van der Waals surface area contributed by atoms with E-state index in [9.17, 15) is 0 Å². The number of carbonyl (C=O) groups excluding carboxylic acids is 2. The molecule has 0 aromatic rings. The van der Waals surface area contributed by atoms with Crippen LogP contribution >= 0.6 is 0 Å². The Balaban J connectivity index is 0. The van der Waals surface area contributed by atoms with Gasteiger partial charge in [0.05, 0.1) is 0 Å². The first-order valence-electron chi connectivity index (χ1n) is 0.762. The van der Waals surface area contributed by atoms with E-state index >= 15 is 0 Å². The summed E-state index contributed by atoms with van der Waals surface area (Å²) < 4.78 is 0. The standard InChI is InChI=1S/2CO.2Fe/c2*1-2;;. The summed E-state index contributed by atoms with van der Waals surface area (Å²) in [7, 11) is 0. The van der Waals surface area contributed by atoms with E-state index in [2.05, 4.69) is 31.2 Å². The third-order valence-corrected chi connectivity index (χ3v) is 0. The Bertz CT molecular complexity index is 63.5. The van der Waals surface area contributed by atoms with Crippen LogP contribution in [0.25, 0.3) is 0 Å². The van der Waals surface area contributed by atoms with Gasteiger partial charge in [0.25, 0.3) is 0 Å². The van der Waals surface area contributed by atoms with Gasteiger partial charge in [0.15, 0.2) is 0 Å². The van der Waals surface area contributed by atoms with Crippen molar-refractivity contribution in [2.24, 2.45) is 0 Å². The summed E-state index contributed by atoms with van der Waals surface area (Å²) in [6.45, 7) is 0. The van der Waals surface area contributed by atoms with Gasteiger partial charge in [-0.3, -0.25) is 0 Å². The van der Waals surface area contributed by atoms with Gasteiger partial charge >= 0.3 is 50.3 Å². The van der Waals surface area contributed by atoms with Gasteiger partial charge in [0.1, 0.15) is 0 Å². The van der Waals surface area contributed by atoms with Crippen molar-refractivity contribution in [3.8, 4) is 0 Å². The maximum atomic E-state index is 8.57.